The van der Waals surface area contributed by atoms with Crippen LogP contribution in [0, 0.1) is 5.92 Å². The second-order valence-electron chi connectivity index (χ2n) is 4.72. The van der Waals surface area contributed by atoms with Crippen LogP contribution in [0.1, 0.15) is 32.8 Å². The van der Waals surface area contributed by atoms with Crippen molar-refractivity contribution in [1.82, 2.24) is 0 Å². The van der Waals surface area contributed by atoms with Crippen molar-refractivity contribution in [3.8, 4) is 0 Å². The zero-order valence-corrected chi connectivity index (χ0v) is 11.5. The highest BCUT2D eigenvalue weighted by molar-refractivity contribution is 7.92. The zero-order valence-electron chi connectivity index (χ0n) is 10.7. The molecular formula is C13H21NO2S. The Balaban J connectivity index is 2.79. The van der Waals surface area contributed by atoms with E-state index in [1.54, 1.807) is 6.07 Å². The zero-order chi connectivity index (χ0) is 12.9. The van der Waals surface area contributed by atoms with Gasteiger partial charge in [-0.25, -0.2) is 8.42 Å². The normalized spacial score (nSPS) is 11.8. The van der Waals surface area contributed by atoms with E-state index in [0.717, 1.165) is 12.0 Å². The van der Waals surface area contributed by atoms with E-state index in [4.69, 9.17) is 0 Å². The van der Waals surface area contributed by atoms with E-state index in [2.05, 4.69) is 18.6 Å². The number of rotatable bonds is 6. The molecule has 1 rings (SSSR count). The molecule has 0 atom stereocenters. The lowest BCUT2D eigenvalue weighted by atomic mass is 10.0. The quantitative estimate of drug-likeness (QED) is 0.849. The Kier molecular flexibility index (Phi) is 5.00. The van der Waals surface area contributed by atoms with Crippen molar-refractivity contribution < 1.29 is 8.42 Å². The highest BCUT2D eigenvalue weighted by atomic mass is 32.2. The highest BCUT2D eigenvalue weighted by Gasteiger charge is 2.08. The van der Waals surface area contributed by atoms with Gasteiger partial charge in [-0.3, -0.25) is 4.72 Å². The summed E-state index contributed by atoms with van der Waals surface area (Å²) in [4.78, 5) is 0. The Hall–Kier alpha value is -1.03. The van der Waals surface area contributed by atoms with Crippen LogP contribution < -0.4 is 4.72 Å². The van der Waals surface area contributed by atoms with Crippen molar-refractivity contribution in [2.24, 2.45) is 5.92 Å². The molecule has 0 fully saturated rings. The van der Waals surface area contributed by atoms with Crippen LogP contribution in [0.15, 0.2) is 24.3 Å². The summed E-state index contributed by atoms with van der Waals surface area (Å²) in [6.07, 6.45) is 1.59. The molecule has 4 heteroatoms. The second-order valence-corrected chi connectivity index (χ2v) is 6.56. The molecular weight excluding hydrogens is 234 g/mol. The highest BCUT2D eigenvalue weighted by Crippen LogP contribution is 2.15. The van der Waals surface area contributed by atoms with Crippen LogP contribution in [0.4, 0.5) is 5.69 Å². The molecule has 0 radical (unpaired) electrons. The first-order valence-corrected chi connectivity index (χ1v) is 7.67. The van der Waals surface area contributed by atoms with E-state index in [1.165, 1.54) is 0 Å². The number of sulfonamides is 1. The fourth-order valence-corrected chi connectivity index (χ4v) is 2.86. The Morgan fingerprint density at radius 3 is 2.59 bits per heavy atom. The van der Waals surface area contributed by atoms with Gasteiger partial charge in [0, 0.05) is 5.69 Å². The van der Waals surface area contributed by atoms with Gasteiger partial charge in [-0.05, 0) is 36.5 Å². The van der Waals surface area contributed by atoms with Crippen LogP contribution in [0.25, 0.3) is 0 Å². The number of hydrogen-bond donors (Lipinski definition) is 1. The average molecular weight is 255 g/mol. The van der Waals surface area contributed by atoms with Crippen LogP contribution >= 0.6 is 0 Å². The molecule has 0 amide bonds. The number of anilines is 1. The van der Waals surface area contributed by atoms with Crippen LogP contribution in [-0.4, -0.2) is 14.2 Å². The summed E-state index contributed by atoms with van der Waals surface area (Å²) in [6.45, 7) is 6.15. The first-order valence-electron chi connectivity index (χ1n) is 6.02. The van der Waals surface area contributed by atoms with Crippen molar-refractivity contribution in [3.05, 3.63) is 29.8 Å². The van der Waals surface area contributed by atoms with Gasteiger partial charge >= 0.3 is 0 Å². The van der Waals surface area contributed by atoms with Gasteiger partial charge < -0.3 is 0 Å². The van der Waals surface area contributed by atoms with Gasteiger partial charge in [0.1, 0.15) is 0 Å². The third kappa shape index (κ3) is 5.22. The predicted octanol–water partition coefficient (Wildman–Crippen LogP) is 3.04. The standard InChI is InChI=1S/C13H21NO2S/c1-4-8-17(15,16)14-13-7-5-6-12(10-13)9-11(2)3/h5-7,10-11,14H,4,8-9H2,1-3H3. The lowest BCUT2D eigenvalue weighted by Gasteiger charge is -2.10. The van der Waals surface area contributed by atoms with Gasteiger partial charge in [-0.2, -0.15) is 0 Å². The van der Waals surface area contributed by atoms with E-state index in [0.29, 0.717) is 18.0 Å². The van der Waals surface area contributed by atoms with E-state index in [-0.39, 0.29) is 5.75 Å². The van der Waals surface area contributed by atoms with Gasteiger partial charge in [0.15, 0.2) is 0 Å². The maximum Gasteiger partial charge on any atom is 0.232 e. The van der Waals surface area contributed by atoms with Crippen LogP contribution in [0.2, 0.25) is 0 Å². The van der Waals surface area contributed by atoms with Crippen molar-refractivity contribution in [3.63, 3.8) is 0 Å². The van der Waals surface area contributed by atoms with Crippen LogP contribution in [0.3, 0.4) is 0 Å². The third-order valence-corrected chi connectivity index (χ3v) is 3.81. The minimum Gasteiger partial charge on any atom is -0.284 e. The van der Waals surface area contributed by atoms with Crippen LogP contribution in [0.5, 0.6) is 0 Å². The van der Waals surface area contributed by atoms with Gasteiger partial charge in [-0.15, -0.1) is 0 Å². The molecule has 0 saturated carbocycles. The molecule has 0 spiro atoms. The summed E-state index contributed by atoms with van der Waals surface area (Å²) in [5.74, 6) is 0.735. The molecule has 0 unspecified atom stereocenters. The molecule has 0 aliphatic heterocycles. The first-order chi connectivity index (χ1) is 7.93. The molecule has 96 valence electrons. The largest absolute Gasteiger partial charge is 0.284 e. The summed E-state index contributed by atoms with van der Waals surface area (Å²) in [7, 11) is -3.18. The van der Waals surface area contributed by atoms with Gasteiger partial charge in [0.05, 0.1) is 5.75 Å². The Bertz CT molecular complexity index is 452. The third-order valence-electron chi connectivity index (χ3n) is 2.32. The van der Waals surface area contributed by atoms with Gasteiger partial charge in [-0.1, -0.05) is 32.9 Å². The first kappa shape index (κ1) is 14.0. The SMILES string of the molecule is CCCS(=O)(=O)Nc1cccc(CC(C)C)c1. The fraction of sp³-hybridized carbons (Fsp3) is 0.538. The van der Waals surface area contributed by atoms with E-state index in [9.17, 15) is 8.42 Å². The minimum atomic E-state index is -3.18. The van der Waals surface area contributed by atoms with Crippen molar-refractivity contribution in [1.29, 1.82) is 0 Å². The van der Waals surface area contributed by atoms with E-state index >= 15 is 0 Å². The number of nitrogens with one attached hydrogen (secondary N) is 1. The molecule has 1 aromatic rings. The average Bonchev–Trinajstić information content (AvgIpc) is 2.15. The maximum absolute atomic E-state index is 11.6. The lowest BCUT2D eigenvalue weighted by molar-refractivity contribution is 0.600. The van der Waals surface area contributed by atoms with Gasteiger partial charge in [0.25, 0.3) is 0 Å². The van der Waals surface area contributed by atoms with E-state index < -0.39 is 10.0 Å². The fourth-order valence-electron chi connectivity index (χ4n) is 1.73. The molecule has 1 N–H and O–H groups in total. The topological polar surface area (TPSA) is 46.2 Å². The second kappa shape index (κ2) is 6.05. The van der Waals surface area contributed by atoms with Crippen molar-refractivity contribution >= 4 is 15.7 Å². The summed E-state index contributed by atoms with van der Waals surface area (Å²) in [5.41, 5.74) is 1.83. The molecule has 0 aliphatic carbocycles. The number of benzene rings is 1. The maximum atomic E-state index is 11.6. The summed E-state index contributed by atoms with van der Waals surface area (Å²) >= 11 is 0. The van der Waals surface area contributed by atoms with E-state index in [1.807, 2.05) is 25.1 Å². The smallest absolute Gasteiger partial charge is 0.232 e. The lowest BCUT2D eigenvalue weighted by Crippen LogP contribution is -2.16. The Labute approximate surface area is 104 Å². The predicted molar refractivity (Wildman–Crippen MR) is 72.7 cm³/mol. The molecule has 0 aliphatic rings. The summed E-state index contributed by atoms with van der Waals surface area (Å²) in [6, 6.07) is 7.61. The monoisotopic (exact) mass is 255 g/mol. The van der Waals surface area contributed by atoms with Crippen molar-refractivity contribution in [2.75, 3.05) is 10.5 Å². The molecule has 17 heavy (non-hydrogen) atoms. The molecule has 0 aromatic heterocycles. The Morgan fingerprint density at radius 1 is 1.29 bits per heavy atom. The Morgan fingerprint density at radius 2 is 2.00 bits per heavy atom. The molecule has 0 bridgehead atoms. The minimum absolute atomic E-state index is 0.168. The molecule has 0 saturated heterocycles. The molecule has 0 heterocycles. The summed E-state index contributed by atoms with van der Waals surface area (Å²) in [5, 5.41) is 0. The molecule has 3 nitrogen and oxygen atoms in total. The van der Waals surface area contributed by atoms with Gasteiger partial charge in [0.2, 0.25) is 10.0 Å². The number of hydrogen-bond acceptors (Lipinski definition) is 2. The van der Waals surface area contributed by atoms with Crippen LogP contribution in [-0.2, 0) is 16.4 Å². The van der Waals surface area contributed by atoms with Crippen molar-refractivity contribution in [2.45, 2.75) is 33.6 Å². The summed E-state index contributed by atoms with van der Waals surface area (Å²) < 4.78 is 25.8. The molecule has 1 aromatic carbocycles.